The number of primary amides is 1. The van der Waals surface area contributed by atoms with Crippen LogP contribution in [0.3, 0.4) is 0 Å². The first kappa shape index (κ1) is 16.4. The van der Waals surface area contributed by atoms with E-state index in [2.05, 4.69) is 18.8 Å². The van der Waals surface area contributed by atoms with Crippen molar-refractivity contribution in [1.29, 1.82) is 0 Å². The molecular formula is C12H17F3N2O. The Kier molecular flexibility index (Phi) is 7.00. The van der Waals surface area contributed by atoms with Crippen molar-refractivity contribution in [3.8, 4) is 0 Å². The van der Waals surface area contributed by atoms with Crippen LogP contribution in [0, 0.1) is 0 Å². The normalized spacial score (nSPS) is 10.5. The zero-order valence-corrected chi connectivity index (χ0v) is 10.4. The second-order valence-electron chi connectivity index (χ2n) is 3.65. The molecule has 1 amide bonds. The summed E-state index contributed by atoms with van der Waals surface area (Å²) in [7, 11) is 0. The number of unbranched alkanes of at least 4 members (excludes halogenated alkanes) is 2. The zero-order chi connectivity index (χ0) is 14.2. The lowest BCUT2D eigenvalue weighted by Crippen LogP contribution is -2.13. The lowest BCUT2D eigenvalue weighted by Gasteiger charge is -2.04. The molecule has 0 aliphatic carbocycles. The predicted octanol–water partition coefficient (Wildman–Crippen LogP) is 3.40. The molecule has 1 aromatic rings. The minimum atomic E-state index is -4.49. The summed E-state index contributed by atoms with van der Waals surface area (Å²) in [6, 6.07) is 1.69. The van der Waals surface area contributed by atoms with Crippen molar-refractivity contribution in [2.45, 2.75) is 39.3 Å². The molecule has 0 aromatic carbocycles. The van der Waals surface area contributed by atoms with E-state index in [1.54, 1.807) is 0 Å². The van der Waals surface area contributed by atoms with Gasteiger partial charge in [0.15, 0.2) is 0 Å². The van der Waals surface area contributed by atoms with Gasteiger partial charge in [0.2, 0.25) is 5.91 Å². The van der Waals surface area contributed by atoms with E-state index in [1.807, 2.05) is 0 Å². The van der Waals surface area contributed by atoms with Crippen LogP contribution in [0.5, 0.6) is 0 Å². The third kappa shape index (κ3) is 6.22. The van der Waals surface area contributed by atoms with Gasteiger partial charge in [0.25, 0.3) is 0 Å². The number of amides is 1. The topological polar surface area (TPSA) is 56.0 Å². The number of nitrogens with two attached hydrogens (primary N) is 1. The first-order chi connectivity index (χ1) is 8.32. The zero-order valence-electron chi connectivity index (χ0n) is 10.4. The Morgan fingerprint density at radius 3 is 2.06 bits per heavy atom. The molecule has 0 saturated carbocycles. The molecule has 3 nitrogen and oxygen atoms in total. The molecule has 0 saturated heterocycles. The summed E-state index contributed by atoms with van der Waals surface area (Å²) in [6.45, 7) is 4.42. The van der Waals surface area contributed by atoms with Gasteiger partial charge < -0.3 is 5.73 Å². The van der Waals surface area contributed by atoms with Crippen LogP contribution >= 0.6 is 0 Å². The van der Waals surface area contributed by atoms with Crippen LogP contribution in [-0.2, 0) is 6.18 Å². The number of halogens is 3. The maximum absolute atomic E-state index is 11.9. The number of carbonyl (C=O) groups is 1. The number of carbonyl (C=O) groups excluding carboxylic acids is 1. The Hall–Kier alpha value is -1.59. The second-order valence-corrected chi connectivity index (χ2v) is 3.65. The predicted molar refractivity (Wildman–Crippen MR) is 63.0 cm³/mol. The number of aromatic nitrogens is 1. The summed E-state index contributed by atoms with van der Waals surface area (Å²) in [5.74, 6) is -0.804. The van der Waals surface area contributed by atoms with Gasteiger partial charge in [0.05, 0.1) is 5.56 Å². The second kappa shape index (κ2) is 7.68. The van der Waals surface area contributed by atoms with Crippen molar-refractivity contribution in [2.24, 2.45) is 5.73 Å². The van der Waals surface area contributed by atoms with Crippen molar-refractivity contribution in [2.75, 3.05) is 0 Å². The van der Waals surface area contributed by atoms with Crippen molar-refractivity contribution in [3.63, 3.8) is 0 Å². The molecular weight excluding hydrogens is 245 g/mol. The van der Waals surface area contributed by atoms with Gasteiger partial charge in [0, 0.05) is 6.20 Å². The van der Waals surface area contributed by atoms with E-state index in [9.17, 15) is 18.0 Å². The molecule has 2 N–H and O–H groups in total. The Morgan fingerprint density at radius 2 is 1.83 bits per heavy atom. The molecule has 0 aliphatic rings. The first-order valence-electron chi connectivity index (χ1n) is 5.66. The molecule has 1 aromatic heterocycles. The molecule has 0 radical (unpaired) electrons. The van der Waals surface area contributed by atoms with Gasteiger partial charge in [-0.3, -0.25) is 9.78 Å². The number of pyridine rings is 1. The van der Waals surface area contributed by atoms with Crippen LogP contribution in [0.15, 0.2) is 18.3 Å². The minimum absolute atomic E-state index is 0.0481. The molecule has 1 rings (SSSR count). The minimum Gasteiger partial charge on any atom is -0.366 e. The smallest absolute Gasteiger partial charge is 0.366 e. The van der Waals surface area contributed by atoms with Crippen LogP contribution in [0.25, 0.3) is 0 Å². The quantitative estimate of drug-likeness (QED) is 0.907. The number of nitrogens with zero attached hydrogens (tertiary/aromatic N) is 1. The lowest BCUT2D eigenvalue weighted by atomic mass is 10.2. The maximum atomic E-state index is 11.9. The molecule has 6 heteroatoms. The van der Waals surface area contributed by atoms with E-state index in [-0.39, 0.29) is 5.56 Å². The van der Waals surface area contributed by atoms with E-state index in [0.29, 0.717) is 6.07 Å². The van der Waals surface area contributed by atoms with Crippen LogP contribution in [0.2, 0.25) is 0 Å². The summed E-state index contributed by atoms with van der Waals surface area (Å²) in [5, 5.41) is 0. The molecule has 0 unspecified atom stereocenters. The third-order valence-corrected chi connectivity index (χ3v) is 2.05. The van der Waals surface area contributed by atoms with E-state index < -0.39 is 17.8 Å². The largest absolute Gasteiger partial charge is 0.433 e. The molecule has 0 spiro atoms. The van der Waals surface area contributed by atoms with Gasteiger partial charge in [-0.2, -0.15) is 13.2 Å². The van der Waals surface area contributed by atoms with Gasteiger partial charge in [0.1, 0.15) is 5.69 Å². The Labute approximate surface area is 104 Å². The number of rotatable bonds is 3. The maximum Gasteiger partial charge on any atom is 0.433 e. The molecule has 0 aliphatic heterocycles. The first-order valence-corrected chi connectivity index (χ1v) is 5.66. The van der Waals surface area contributed by atoms with Gasteiger partial charge in [-0.1, -0.05) is 33.1 Å². The molecule has 0 bridgehead atoms. The monoisotopic (exact) mass is 262 g/mol. The summed E-state index contributed by atoms with van der Waals surface area (Å²) >= 11 is 0. The SMILES string of the molecule is CCCCC.NC(=O)c1ccc(C(F)(F)F)nc1. The summed E-state index contributed by atoms with van der Waals surface area (Å²) in [5.41, 5.74) is 3.72. The number of hydrogen-bond donors (Lipinski definition) is 1. The van der Waals surface area contributed by atoms with Crippen molar-refractivity contribution >= 4 is 5.91 Å². The van der Waals surface area contributed by atoms with Crippen molar-refractivity contribution in [1.82, 2.24) is 4.98 Å². The van der Waals surface area contributed by atoms with Crippen LogP contribution in [0.4, 0.5) is 13.2 Å². The third-order valence-electron chi connectivity index (χ3n) is 2.05. The number of hydrogen-bond acceptors (Lipinski definition) is 2. The van der Waals surface area contributed by atoms with Gasteiger partial charge in [-0.05, 0) is 12.1 Å². The highest BCUT2D eigenvalue weighted by Gasteiger charge is 2.32. The average molecular weight is 262 g/mol. The summed E-state index contributed by atoms with van der Waals surface area (Å²) in [6.07, 6.45) is 0.383. The Bertz CT molecular complexity index is 359. The standard InChI is InChI=1S/C7H5F3N2O.C5H12/c8-7(9,10)5-2-1-4(3-12-5)6(11)13;1-3-5-4-2/h1-3H,(H2,11,13);3-5H2,1-2H3. The fraction of sp³-hybridized carbons (Fsp3) is 0.500. The molecule has 0 fully saturated rings. The Morgan fingerprint density at radius 1 is 1.28 bits per heavy atom. The fourth-order valence-electron chi connectivity index (χ4n) is 1.06. The van der Waals surface area contributed by atoms with Gasteiger partial charge in [-0.15, -0.1) is 0 Å². The molecule has 1 heterocycles. The van der Waals surface area contributed by atoms with E-state index in [4.69, 9.17) is 5.73 Å². The Balaban J connectivity index is 0.000000494. The average Bonchev–Trinajstić information content (AvgIpc) is 2.30. The van der Waals surface area contributed by atoms with Crippen LogP contribution in [-0.4, -0.2) is 10.9 Å². The lowest BCUT2D eigenvalue weighted by molar-refractivity contribution is -0.141. The highest BCUT2D eigenvalue weighted by atomic mass is 19.4. The highest BCUT2D eigenvalue weighted by molar-refractivity contribution is 5.92. The van der Waals surface area contributed by atoms with Crippen molar-refractivity contribution in [3.05, 3.63) is 29.6 Å². The van der Waals surface area contributed by atoms with Crippen molar-refractivity contribution < 1.29 is 18.0 Å². The fourth-order valence-corrected chi connectivity index (χ4v) is 1.06. The summed E-state index contributed by atoms with van der Waals surface area (Å²) in [4.78, 5) is 13.5. The molecule has 102 valence electrons. The van der Waals surface area contributed by atoms with Gasteiger partial charge in [-0.25, -0.2) is 0 Å². The molecule has 0 atom stereocenters. The summed E-state index contributed by atoms with van der Waals surface area (Å²) < 4.78 is 35.8. The number of alkyl halides is 3. The molecule has 18 heavy (non-hydrogen) atoms. The highest BCUT2D eigenvalue weighted by Crippen LogP contribution is 2.26. The van der Waals surface area contributed by atoms with E-state index in [1.165, 1.54) is 19.3 Å². The van der Waals surface area contributed by atoms with E-state index in [0.717, 1.165) is 12.3 Å². The van der Waals surface area contributed by atoms with E-state index >= 15 is 0 Å². The van der Waals surface area contributed by atoms with Crippen LogP contribution in [0.1, 0.15) is 49.2 Å². The van der Waals surface area contributed by atoms with Gasteiger partial charge >= 0.3 is 6.18 Å². The van der Waals surface area contributed by atoms with Crippen LogP contribution < -0.4 is 5.73 Å².